The molecule has 9 heavy (non-hydrogen) atoms. The monoisotopic (exact) mass is 132 g/mol. The van der Waals surface area contributed by atoms with Crippen LogP contribution in [0.25, 0.3) is 0 Å². The second-order valence-electron chi connectivity index (χ2n) is 1.63. The summed E-state index contributed by atoms with van der Waals surface area (Å²) in [4.78, 5) is 9.00. The maximum atomic E-state index is 9.00. The molecule has 0 saturated heterocycles. The molecule has 0 atom stereocenters. The Morgan fingerprint density at radius 3 is 1.67 bits per heavy atom. The van der Waals surface area contributed by atoms with E-state index in [0.717, 1.165) is 12.5 Å². The molecule has 0 fully saturated rings. The Morgan fingerprint density at radius 2 is 1.67 bits per heavy atom. The van der Waals surface area contributed by atoms with E-state index in [4.69, 9.17) is 15.0 Å². The average molecular weight is 132 g/mol. The van der Waals surface area contributed by atoms with Crippen LogP contribution in [-0.2, 0) is 4.79 Å². The molecular formula is C6H12O3. The van der Waals surface area contributed by atoms with Crippen LogP contribution < -0.4 is 0 Å². The van der Waals surface area contributed by atoms with Crippen molar-refractivity contribution in [3.63, 3.8) is 0 Å². The molecule has 0 aliphatic carbocycles. The normalized spacial score (nSPS) is 7.00. The fourth-order valence-corrected chi connectivity index (χ4v) is 0. The van der Waals surface area contributed by atoms with Gasteiger partial charge in [0.25, 0.3) is 5.97 Å². The number of aliphatic hydroxyl groups is 1. The van der Waals surface area contributed by atoms with Gasteiger partial charge in [0.2, 0.25) is 0 Å². The van der Waals surface area contributed by atoms with Crippen molar-refractivity contribution < 1.29 is 15.0 Å². The van der Waals surface area contributed by atoms with E-state index < -0.39 is 5.97 Å². The van der Waals surface area contributed by atoms with Gasteiger partial charge in [-0.1, -0.05) is 12.2 Å². The summed E-state index contributed by atoms with van der Waals surface area (Å²) < 4.78 is 0. The van der Waals surface area contributed by atoms with Crippen LogP contribution in [-0.4, -0.2) is 22.8 Å². The Morgan fingerprint density at radius 1 is 1.56 bits per heavy atom. The minimum absolute atomic E-state index is 0.111. The Hall–Kier alpha value is -0.830. The van der Waals surface area contributed by atoms with Crippen LogP contribution in [0.15, 0.2) is 12.2 Å². The highest BCUT2D eigenvalue weighted by atomic mass is 16.4. The first kappa shape index (κ1) is 11.0. The fraction of sp³-hybridized carbons (Fsp3) is 0.500. The van der Waals surface area contributed by atoms with Crippen molar-refractivity contribution >= 4 is 5.97 Å². The number of carboxylic acid groups (broad SMARTS) is 1. The summed E-state index contributed by atoms with van der Waals surface area (Å²) in [7, 11) is 0. The predicted octanol–water partition coefficient (Wildman–Crippen LogP) is 0.646. The molecule has 0 heterocycles. The molecular weight excluding hydrogens is 120 g/mol. The summed E-state index contributed by atoms with van der Waals surface area (Å²) in [6, 6.07) is 0. The van der Waals surface area contributed by atoms with Crippen molar-refractivity contribution in [3.05, 3.63) is 12.2 Å². The number of carbonyl (C=O) groups is 1. The van der Waals surface area contributed by atoms with Crippen LogP contribution >= 0.6 is 0 Å². The smallest absolute Gasteiger partial charge is 0.300 e. The maximum Gasteiger partial charge on any atom is 0.300 e. The van der Waals surface area contributed by atoms with Crippen LogP contribution in [0.2, 0.25) is 0 Å². The van der Waals surface area contributed by atoms with Gasteiger partial charge in [-0.15, -0.1) is 0 Å². The molecule has 0 aromatic rings. The lowest BCUT2D eigenvalue weighted by Gasteiger charge is -1.79. The molecule has 0 bridgehead atoms. The second kappa shape index (κ2) is 7.17. The Kier molecular flexibility index (Phi) is 8.79. The Balaban J connectivity index is 0. The van der Waals surface area contributed by atoms with E-state index in [1.807, 2.05) is 0 Å². The molecule has 0 amide bonds. The minimum Gasteiger partial charge on any atom is -0.481 e. The van der Waals surface area contributed by atoms with Gasteiger partial charge < -0.3 is 10.2 Å². The molecule has 0 aromatic heterocycles. The van der Waals surface area contributed by atoms with E-state index in [-0.39, 0.29) is 6.61 Å². The highest BCUT2D eigenvalue weighted by Gasteiger charge is 1.69. The second-order valence-corrected chi connectivity index (χ2v) is 1.63. The lowest BCUT2D eigenvalue weighted by molar-refractivity contribution is -0.134. The molecule has 3 heteroatoms. The van der Waals surface area contributed by atoms with Crippen LogP contribution in [0, 0.1) is 0 Å². The number of aliphatic carboxylic acids is 1. The van der Waals surface area contributed by atoms with E-state index in [2.05, 4.69) is 6.58 Å². The highest BCUT2D eigenvalue weighted by molar-refractivity contribution is 5.62. The quantitative estimate of drug-likeness (QED) is 0.515. The first-order chi connectivity index (χ1) is 4.00. The number of hydrogen-bond acceptors (Lipinski definition) is 2. The third-order valence-electron chi connectivity index (χ3n) is 0.270. The van der Waals surface area contributed by atoms with Gasteiger partial charge in [0.1, 0.15) is 0 Å². The van der Waals surface area contributed by atoms with Gasteiger partial charge >= 0.3 is 0 Å². The van der Waals surface area contributed by atoms with Crippen molar-refractivity contribution in [2.45, 2.75) is 13.8 Å². The van der Waals surface area contributed by atoms with E-state index in [1.165, 1.54) is 0 Å². The maximum absolute atomic E-state index is 9.00. The summed E-state index contributed by atoms with van der Waals surface area (Å²) in [6.07, 6.45) is 0. The van der Waals surface area contributed by atoms with Crippen molar-refractivity contribution in [1.29, 1.82) is 0 Å². The number of rotatable bonds is 1. The lowest BCUT2D eigenvalue weighted by Crippen LogP contribution is -1.78. The summed E-state index contributed by atoms with van der Waals surface area (Å²) >= 11 is 0. The Labute approximate surface area is 54.6 Å². The highest BCUT2D eigenvalue weighted by Crippen LogP contribution is 1.76. The van der Waals surface area contributed by atoms with Crippen LogP contribution in [0.3, 0.4) is 0 Å². The molecule has 54 valence electrons. The zero-order valence-corrected chi connectivity index (χ0v) is 5.72. The zero-order chi connectivity index (χ0) is 7.86. The van der Waals surface area contributed by atoms with Crippen LogP contribution in [0.5, 0.6) is 0 Å². The number of hydrogen-bond donors (Lipinski definition) is 2. The first-order valence-corrected chi connectivity index (χ1v) is 2.45. The zero-order valence-electron chi connectivity index (χ0n) is 5.72. The third kappa shape index (κ3) is 140. The molecule has 0 saturated carbocycles. The molecule has 0 rings (SSSR count). The van der Waals surface area contributed by atoms with E-state index in [0.29, 0.717) is 0 Å². The third-order valence-corrected chi connectivity index (χ3v) is 0.270. The van der Waals surface area contributed by atoms with Crippen molar-refractivity contribution in [2.75, 3.05) is 6.61 Å². The SMILES string of the molecule is C=C(C)CO.CC(=O)O. The van der Waals surface area contributed by atoms with E-state index in [1.54, 1.807) is 6.92 Å². The largest absolute Gasteiger partial charge is 0.481 e. The molecule has 3 nitrogen and oxygen atoms in total. The summed E-state index contributed by atoms with van der Waals surface area (Å²) in [5, 5.41) is 15.5. The van der Waals surface area contributed by atoms with Crippen molar-refractivity contribution in [3.8, 4) is 0 Å². The topological polar surface area (TPSA) is 57.5 Å². The first-order valence-electron chi connectivity index (χ1n) is 2.45. The molecule has 0 radical (unpaired) electrons. The lowest BCUT2D eigenvalue weighted by atomic mass is 10.4. The molecule has 0 aromatic carbocycles. The standard InChI is InChI=1S/C4H8O.C2H4O2/c1-4(2)3-5;1-2(3)4/h5H,1,3H2,2H3;1H3,(H,3,4). The van der Waals surface area contributed by atoms with Crippen LogP contribution in [0.4, 0.5) is 0 Å². The Bertz CT molecular complexity index is 92.5. The fourth-order valence-electron chi connectivity index (χ4n) is 0. The van der Waals surface area contributed by atoms with Crippen LogP contribution in [0.1, 0.15) is 13.8 Å². The average Bonchev–Trinajstić information content (AvgIpc) is 1.65. The van der Waals surface area contributed by atoms with E-state index >= 15 is 0 Å². The van der Waals surface area contributed by atoms with Gasteiger partial charge in [0.05, 0.1) is 6.61 Å². The van der Waals surface area contributed by atoms with Crippen molar-refractivity contribution in [2.24, 2.45) is 0 Å². The molecule has 0 spiro atoms. The van der Waals surface area contributed by atoms with Gasteiger partial charge in [-0.25, -0.2) is 0 Å². The molecule has 2 N–H and O–H groups in total. The van der Waals surface area contributed by atoms with Gasteiger partial charge in [0.15, 0.2) is 0 Å². The number of aliphatic hydroxyl groups excluding tert-OH is 1. The number of carboxylic acids is 1. The molecule has 0 unspecified atom stereocenters. The van der Waals surface area contributed by atoms with E-state index in [9.17, 15) is 0 Å². The summed E-state index contributed by atoms with van der Waals surface area (Å²) in [6.45, 7) is 6.40. The summed E-state index contributed by atoms with van der Waals surface area (Å²) in [5.74, 6) is -0.833. The van der Waals surface area contributed by atoms with Gasteiger partial charge in [-0.3, -0.25) is 4.79 Å². The van der Waals surface area contributed by atoms with Crippen molar-refractivity contribution in [1.82, 2.24) is 0 Å². The molecule has 0 aliphatic heterocycles. The predicted molar refractivity (Wildman–Crippen MR) is 35.2 cm³/mol. The minimum atomic E-state index is -0.833. The van der Waals surface area contributed by atoms with Gasteiger partial charge in [-0.05, 0) is 6.92 Å². The summed E-state index contributed by atoms with van der Waals surface area (Å²) in [5.41, 5.74) is 0.810. The molecule has 0 aliphatic rings. The van der Waals surface area contributed by atoms with Gasteiger partial charge in [0, 0.05) is 6.92 Å². The van der Waals surface area contributed by atoms with Gasteiger partial charge in [-0.2, -0.15) is 0 Å².